The van der Waals surface area contributed by atoms with Crippen molar-refractivity contribution in [3.63, 3.8) is 0 Å². The fourth-order valence-electron chi connectivity index (χ4n) is 3.00. The van der Waals surface area contributed by atoms with Crippen molar-refractivity contribution < 1.29 is 18.6 Å². The summed E-state index contributed by atoms with van der Waals surface area (Å²) >= 11 is 5.72. The monoisotopic (exact) mass is 426 g/mol. The third-order valence-electron chi connectivity index (χ3n) is 4.48. The van der Waals surface area contributed by atoms with Gasteiger partial charge in [0.2, 0.25) is 0 Å². The number of nitrogens with zero attached hydrogens (tertiary/aromatic N) is 1. The first-order valence-electron chi connectivity index (χ1n) is 9.65. The van der Waals surface area contributed by atoms with E-state index in [0.29, 0.717) is 24.8 Å². The summed E-state index contributed by atoms with van der Waals surface area (Å²) < 4.78 is 22.0. The van der Waals surface area contributed by atoms with Gasteiger partial charge >= 0.3 is 0 Å². The zero-order valence-corrected chi connectivity index (χ0v) is 18.2. The first-order valence-corrected chi connectivity index (χ1v) is 10.1. The maximum absolute atomic E-state index is 5.72. The van der Waals surface area contributed by atoms with Crippen LogP contribution in [0.5, 0.6) is 17.2 Å². The third-order valence-corrected chi connectivity index (χ3v) is 4.84. The summed E-state index contributed by atoms with van der Waals surface area (Å²) in [6.07, 6.45) is 1.66. The lowest BCUT2D eigenvalue weighted by Gasteiger charge is -2.26. The van der Waals surface area contributed by atoms with Gasteiger partial charge in [-0.25, -0.2) is 0 Å². The van der Waals surface area contributed by atoms with Crippen LogP contribution in [0.1, 0.15) is 18.2 Å². The molecule has 0 amide bonds. The van der Waals surface area contributed by atoms with Crippen molar-refractivity contribution in [3.8, 4) is 17.2 Å². The normalized spacial score (nSPS) is 10.4. The van der Waals surface area contributed by atoms with Crippen LogP contribution in [0.3, 0.4) is 0 Å². The number of thiocarbonyl (C=S) groups is 1. The second-order valence-electron chi connectivity index (χ2n) is 6.50. The van der Waals surface area contributed by atoms with E-state index in [1.165, 1.54) is 0 Å². The Hall–Kier alpha value is -3.19. The summed E-state index contributed by atoms with van der Waals surface area (Å²) in [5.41, 5.74) is 1.84. The van der Waals surface area contributed by atoms with Crippen molar-refractivity contribution >= 4 is 23.0 Å². The van der Waals surface area contributed by atoms with Gasteiger partial charge in [-0.05, 0) is 73.7 Å². The molecule has 0 bridgehead atoms. The largest absolute Gasteiger partial charge is 0.497 e. The van der Waals surface area contributed by atoms with Crippen molar-refractivity contribution in [1.82, 2.24) is 4.90 Å². The van der Waals surface area contributed by atoms with Crippen LogP contribution in [0, 0.1) is 0 Å². The van der Waals surface area contributed by atoms with E-state index in [1.807, 2.05) is 66.4 Å². The standard InChI is InChI=1S/C23H26N2O4S/c1-4-28-19-9-7-18(8-10-19)24-23(30)25(16-21-6-5-13-29-21)15-17-14-20(26-2)11-12-22(17)27-3/h5-14H,4,15-16H2,1-3H3,(H,24,30). The Morgan fingerprint density at radius 2 is 1.77 bits per heavy atom. The Kier molecular flexibility index (Phi) is 7.57. The van der Waals surface area contributed by atoms with E-state index in [-0.39, 0.29) is 0 Å². The number of ether oxygens (including phenoxy) is 3. The lowest BCUT2D eigenvalue weighted by atomic mass is 10.1. The lowest BCUT2D eigenvalue weighted by Crippen LogP contribution is -2.33. The molecule has 0 spiro atoms. The quantitative estimate of drug-likeness (QED) is 0.478. The van der Waals surface area contributed by atoms with Crippen LogP contribution < -0.4 is 19.5 Å². The number of anilines is 1. The van der Waals surface area contributed by atoms with Gasteiger partial charge in [0.25, 0.3) is 0 Å². The summed E-state index contributed by atoms with van der Waals surface area (Å²) in [5.74, 6) is 3.16. The molecular formula is C23H26N2O4S. The van der Waals surface area contributed by atoms with E-state index in [1.54, 1.807) is 20.5 Å². The molecule has 0 aliphatic heterocycles. The van der Waals surface area contributed by atoms with Crippen LogP contribution in [0.15, 0.2) is 65.3 Å². The lowest BCUT2D eigenvalue weighted by molar-refractivity contribution is 0.340. The molecule has 1 heterocycles. The fourth-order valence-corrected chi connectivity index (χ4v) is 3.25. The number of hydrogen-bond donors (Lipinski definition) is 1. The van der Waals surface area contributed by atoms with Gasteiger partial charge in [-0.3, -0.25) is 0 Å². The highest BCUT2D eigenvalue weighted by Gasteiger charge is 2.16. The number of hydrogen-bond acceptors (Lipinski definition) is 5. The van der Waals surface area contributed by atoms with E-state index in [4.69, 9.17) is 30.8 Å². The molecule has 0 radical (unpaired) electrons. The molecule has 0 aliphatic rings. The number of nitrogens with one attached hydrogen (secondary N) is 1. The zero-order chi connectivity index (χ0) is 21.3. The molecule has 1 N–H and O–H groups in total. The summed E-state index contributed by atoms with van der Waals surface area (Å²) in [5, 5.41) is 3.87. The first-order chi connectivity index (χ1) is 14.6. The molecular weight excluding hydrogens is 400 g/mol. The molecule has 30 heavy (non-hydrogen) atoms. The Balaban J connectivity index is 1.80. The Morgan fingerprint density at radius 1 is 1.00 bits per heavy atom. The molecule has 0 saturated carbocycles. The molecule has 0 unspecified atom stereocenters. The second-order valence-corrected chi connectivity index (χ2v) is 6.89. The predicted molar refractivity (Wildman–Crippen MR) is 121 cm³/mol. The van der Waals surface area contributed by atoms with Gasteiger partial charge < -0.3 is 28.8 Å². The molecule has 0 fully saturated rings. The van der Waals surface area contributed by atoms with Crippen LogP contribution in [-0.4, -0.2) is 30.8 Å². The second kappa shape index (κ2) is 10.5. The molecule has 2 aromatic carbocycles. The zero-order valence-electron chi connectivity index (χ0n) is 17.4. The predicted octanol–water partition coefficient (Wildman–Crippen LogP) is 5.09. The smallest absolute Gasteiger partial charge is 0.174 e. The van der Waals surface area contributed by atoms with Crippen LogP contribution in [0.4, 0.5) is 5.69 Å². The molecule has 6 nitrogen and oxygen atoms in total. The molecule has 158 valence electrons. The van der Waals surface area contributed by atoms with Crippen LogP contribution in [-0.2, 0) is 13.1 Å². The maximum atomic E-state index is 5.72. The Bertz CT molecular complexity index is 942. The maximum Gasteiger partial charge on any atom is 0.174 e. The highest BCUT2D eigenvalue weighted by molar-refractivity contribution is 7.80. The average Bonchev–Trinajstić information content (AvgIpc) is 3.28. The van der Waals surface area contributed by atoms with Crippen LogP contribution >= 0.6 is 12.2 Å². The van der Waals surface area contributed by atoms with Crippen molar-refractivity contribution in [1.29, 1.82) is 0 Å². The fraction of sp³-hybridized carbons (Fsp3) is 0.261. The molecule has 0 atom stereocenters. The minimum absolute atomic E-state index is 0.510. The van der Waals surface area contributed by atoms with E-state index < -0.39 is 0 Å². The molecule has 3 rings (SSSR count). The summed E-state index contributed by atoms with van der Waals surface area (Å²) in [6, 6.07) is 17.2. The number of methoxy groups -OCH3 is 2. The Morgan fingerprint density at radius 3 is 2.40 bits per heavy atom. The van der Waals surface area contributed by atoms with E-state index in [2.05, 4.69) is 5.32 Å². The Labute approximate surface area is 182 Å². The van der Waals surface area contributed by atoms with Crippen molar-refractivity contribution in [2.45, 2.75) is 20.0 Å². The SMILES string of the molecule is CCOc1ccc(NC(=S)N(Cc2ccco2)Cc2cc(OC)ccc2OC)cc1. The van der Waals surface area contributed by atoms with E-state index >= 15 is 0 Å². The van der Waals surface area contributed by atoms with Crippen molar-refractivity contribution in [2.75, 3.05) is 26.1 Å². The minimum atomic E-state index is 0.510. The van der Waals surface area contributed by atoms with E-state index in [9.17, 15) is 0 Å². The summed E-state index contributed by atoms with van der Waals surface area (Å²) in [4.78, 5) is 2.02. The van der Waals surface area contributed by atoms with Gasteiger partial charge in [0.15, 0.2) is 5.11 Å². The number of furan rings is 1. The highest BCUT2D eigenvalue weighted by atomic mass is 32.1. The van der Waals surface area contributed by atoms with Gasteiger partial charge in [-0.1, -0.05) is 0 Å². The molecule has 7 heteroatoms. The van der Waals surface area contributed by atoms with Gasteiger partial charge in [0, 0.05) is 17.8 Å². The third kappa shape index (κ3) is 5.67. The van der Waals surface area contributed by atoms with Gasteiger partial charge in [-0.15, -0.1) is 0 Å². The number of rotatable bonds is 9. The van der Waals surface area contributed by atoms with Gasteiger partial charge in [-0.2, -0.15) is 0 Å². The molecule has 3 aromatic rings. The van der Waals surface area contributed by atoms with Crippen molar-refractivity contribution in [2.24, 2.45) is 0 Å². The van der Waals surface area contributed by atoms with Crippen LogP contribution in [0.25, 0.3) is 0 Å². The summed E-state index contributed by atoms with van der Waals surface area (Å²) in [6.45, 7) is 3.62. The first kappa shape index (κ1) is 21.5. The molecule has 0 saturated heterocycles. The molecule has 0 aliphatic carbocycles. The number of benzene rings is 2. The van der Waals surface area contributed by atoms with Crippen LogP contribution in [0.2, 0.25) is 0 Å². The highest BCUT2D eigenvalue weighted by Crippen LogP contribution is 2.26. The minimum Gasteiger partial charge on any atom is -0.497 e. The van der Waals surface area contributed by atoms with Gasteiger partial charge in [0.1, 0.15) is 23.0 Å². The summed E-state index contributed by atoms with van der Waals surface area (Å²) in [7, 11) is 3.29. The van der Waals surface area contributed by atoms with Gasteiger partial charge in [0.05, 0.1) is 33.6 Å². The van der Waals surface area contributed by atoms with E-state index in [0.717, 1.165) is 34.3 Å². The topological polar surface area (TPSA) is 56.1 Å². The van der Waals surface area contributed by atoms with Crippen molar-refractivity contribution in [3.05, 3.63) is 72.2 Å². The average molecular weight is 427 g/mol. The molecule has 1 aromatic heterocycles.